The predicted molar refractivity (Wildman–Crippen MR) is 80.6 cm³/mol. The molecule has 0 aromatic heterocycles. The van der Waals surface area contributed by atoms with Crippen molar-refractivity contribution >= 4 is 11.9 Å². The number of hydrogen-bond donors (Lipinski definition) is 0. The van der Waals surface area contributed by atoms with E-state index >= 15 is 0 Å². The van der Waals surface area contributed by atoms with Crippen LogP contribution in [0.25, 0.3) is 0 Å². The topological polar surface area (TPSA) is 95.7 Å². The van der Waals surface area contributed by atoms with E-state index in [4.69, 9.17) is 0 Å². The molecule has 7 nitrogen and oxygen atoms in total. The summed E-state index contributed by atoms with van der Waals surface area (Å²) >= 11 is 0. The largest absolute Gasteiger partial charge is 0.468 e. The maximum Gasteiger partial charge on any atom is 0.324 e. The molecule has 0 atom stereocenters. The Labute approximate surface area is 132 Å². The van der Waals surface area contributed by atoms with Gasteiger partial charge in [0.2, 0.25) is 0 Å². The molecule has 0 aromatic rings. The second-order valence-corrected chi connectivity index (χ2v) is 4.86. The van der Waals surface area contributed by atoms with Gasteiger partial charge in [-0.15, -0.1) is 0 Å². The summed E-state index contributed by atoms with van der Waals surface area (Å²) < 4.78 is 9.36. The third-order valence-electron chi connectivity index (χ3n) is 3.59. The van der Waals surface area contributed by atoms with Crippen LogP contribution < -0.4 is 0 Å². The van der Waals surface area contributed by atoms with Crippen LogP contribution in [0.2, 0.25) is 0 Å². The molecule has 7 heteroatoms. The van der Waals surface area contributed by atoms with Crippen LogP contribution >= 0.6 is 0 Å². The fourth-order valence-corrected chi connectivity index (χ4v) is 2.47. The molecule has 23 heavy (non-hydrogen) atoms. The number of esters is 2. The van der Waals surface area contributed by atoms with Crippen molar-refractivity contribution in [3.63, 3.8) is 0 Å². The van der Waals surface area contributed by atoms with Gasteiger partial charge in [-0.1, -0.05) is 30.4 Å². The first-order valence-corrected chi connectivity index (χ1v) is 6.78. The van der Waals surface area contributed by atoms with E-state index in [0.717, 1.165) is 0 Å². The summed E-state index contributed by atoms with van der Waals surface area (Å²) in [5.74, 6) is -2.84. The number of ether oxygens (including phenoxy) is 2. The molecule has 0 amide bonds. The fraction of sp³-hybridized carbons (Fsp3) is 0.250. The lowest BCUT2D eigenvalue weighted by Crippen LogP contribution is -2.29. The highest BCUT2D eigenvalue weighted by atomic mass is 16.6. The van der Waals surface area contributed by atoms with Gasteiger partial charge in [0.15, 0.2) is 5.92 Å². The Balaban J connectivity index is 2.59. The van der Waals surface area contributed by atoms with Crippen molar-refractivity contribution in [1.82, 2.24) is 0 Å². The molecule has 2 aliphatic carbocycles. The van der Waals surface area contributed by atoms with Crippen molar-refractivity contribution in [1.29, 1.82) is 0 Å². The molecular formula is C16H15NO6. The summed E-state index contributed by atoms with van der Waals surface area (Å²) in [6.07, 6.45) is 9.66. The summed E-state index contributed by atoms with van der Waals surface area (Å²) in [6.45, 7) is 0. The zero-order valence-corrected chi connectivity index (χ0v) is 12.6. The SMILES string of the molecule is COC(=O)C(C(=O)OC)C1=CC=C([N+](=O)[O-])C2=CC=CC=C1C2. The minimum atomic E-state index is -1.29. The molecule has 0 N–H and O–H groups in total. The van der Waals surface area contributed by atoms with Gasteiger partial charge in [-0.3, -0.25) is 19.7 Å². The first kappa shape index (κ1) is 16.4. The van der Waals surface area contributed by atoms with Crippen molar-refractivity contribution in [3.05, 3.63) is 69.0 Å². The minimum absolute atomic E-state index is 0.0778. The molecule has 120 valence electrons. The highest BCUT2D eigenvalue weighted by Gasteiger charge is 2.36. The monoisotopic (exact) mass is 317 g/mol. The number of methoxy groups -OCH3 is 2. The lowest BCUT2D eigenvalue weighted by molar-refractivity contribution is -0.420. The van der Waals surface area contributed by atoms with Crippen LogP contribution in [0.1, 0.15) is 6.42 Å². The van der Waals surface area contributed by atoms with Gasteiger partial charge in [0, 0.05) is 18.1 Å². The summed E-state index contributed by atoms with van der Waals surface area (Å²) in [5, 5.41) is 11.2. The summed E-state index contributed by atoms with van der Waals surface area (Å²) in [7, 11) is 2.33. The molecule has 2 bridgehead atoms. The van der Waals surface area contributed by atoms with Crippen molar-refractivity contribution in [2.75, 3.05) is 14.2 Å². The molecule has 0 heterocycles. The van der Waals surface area contributed by atoms with Crippen LogP contribution in [0, 0.1) is 16.0 Å². The number of carbonyl (C=O) groups is 2. The average molecular weight is 317 g/mol. The van der Waals surface area contributed by atoms with Gasteiger partial charge in [-0.2, -0.15) is 0 Å². The Bertz CT molecular complexity index is 692. The van der Waals surface area contributed by atoms with E-state index in [0.29, 0.717) is 16.7 Å². The van der Waals surface area contributed by atoms with Gasteiger partial charge in [-0.25, -0.2) is 0 Å². The lowest BCUT2D eigenvalue weighted by atomic mass is 9.89. The zero-order valence-electron chi connectivity index (χ0n) is 12.6. The van der Waals surface area contributed by atoms with Gasteiger partial charge in [0.1, 0.15) is 0 Å². The first-order valence-electron chi connectivity index (χ1n) is 6.78. The highest BCUT2D eigenvalue weighted by molar-refractivity contribution is 5.99. The maximum atomic E-state index is 12.0. The zero-order chi connectivity index (χ0) is 17.0. The summed E-state index contributed by atoms with van der Waals surface area (Å²) in [6, 6.07) is 0. The number of fused-ring (bicyclic) bond motifs is 2. The van der Waals surface area contributed by atoms with Crippen LogP contribution in [0.4, 0.5) is 0 Å². The quantitative estimate of drug-likeness (QED) is 0.340. The van der Waals surface area contributed by atoms with Crippen molar-refractivity contribution < 1.29 is 24.0 Å². The Morgan fingerprint density at radius 1 is 1.04 bits per heavy atom. The molecule has 0 radical (unpaired) electrons. The van der Waals surface area contributed by atoms with Crippen LogP contribution in [0.15, 0.2) is 58.9 Å². The van der Waals surface area contributed by atoms with Gasteiger partial charge < -0.3 is 9.47 Å². The van der Waals surface area contributed by atoms with E-state index < -0.39 is 22.8 Å². The molecule has 0 spiro atoms. The van der Waals surface area contributed by atoms with Crippen molar-refractivity contribution in [3.8, 4) is 0 Å². The highest BCUT2D eigenvalue weighted by Crippen LogP contribution is 2.34. The van der Waals surface area contributed by atoms with Gasteiger partial charge >= 0.3 is 11.9 Å². The minimum Gasteiger partial charge on any atom is -0.468 e. The summed E-state index contributed by atoms with van der Waals surface area (Å²) in [5.41, 5.74) is 1.37. The van der Waals surface area contributed by atoms with E-state index in [1.165, 1.54) is 26.4 Å². The molecule has 0 aromatic carbocycles. The third-order valence-corrected chi connectivity index (χ3v) is 3.59. The van der Waals surface area contributed by atoms with E-state index in [9.17, 15) is 19.7 Å². The van der Waals surface area contributed by atoms with E-state index in [1.54, 1.807) is 24.3 Å². The first-order chi connectivity index (χ1) is 11.0. The van der Waals surface area contributed by atoms with Gasteiger partial charge in [0.05, 0.1) is 19.1 Å². The molecule has 0 aliphatic heterocycles. The van der Waals surface area contributed by atoms with Crippen LogP contribution in [0.3, 0.4) is 0 Å². The molecule has 0 unspecified atom stereocenters. The molecule has 2 rings (SSSR count). The van der Waals surface area contributed by atoms with Crippen LogP contribution in [0.5, 0.6) is 0 Å². The second-order valence-electron chi connectivity index (χ2n) is 4.86. The number of hydrogen-bond acceptors (Lipinski definition) is 6. The summed E-state index contributed by atoms with van der Waals surface area (Å²) in [4.78, 5) is 34.7. The number of rotatable bonds is 4. The molecule has 2 aliphatic rings. The number of carbonyl (C=O) groups excluding carboxylic acids is 2. The van der Waals surface area contributed by atoms with Crippen molar-refractivity contribution in [2.45, 2.75) is 6.42 Å². The predicted octanol–water partition coefficient (Wildman–Crippen LogP) is 1.86. The van der Waals surface area contributed by atoms with Crippen LogP contribution in [-0.4, -0.2) is 31.1 Å². The Morgan fingerprint density at radius 3 is 2.13 bits per heavy atom. The van der Waals surface area contributed by atoms with E-state index in [-0.39, 0.29) is 12.1 Å². The average Bonchev–Trinajstić information content (AvgIpc) is 2.88. The smallest absolute Gasteiger partial charge is 0.324 e. The maximum absolute atomic E-state index is 12.0. The number of allylic oxidation sites excluding steroid dienone is 8. The third kappa shape index (κ3) is 3.28. The number of nitrogens with zero attached hydrogens (tertiary/aromatic N) is 1. The second kappa shape index (κ2) is 6.87. The molecule has 0 saturated carbocycles. The lowest BCUT2D eigenvalue weighted by Gasteiger charge is -2.17. The fourth-order valence-electron chi connectivity index (χ4n) is 2.47. The van der Waals surface area contributed by atoms with Gasteiger partial charge in [-0.05, 0) is 11.1 Å². The normalized spacial score (nSPS) is 16.3. The van der Waals surface area contributed by atoms with Crippen molar-refractivity contribution in [2.24, 2.45) is 5.92 Å². The molecule has 0 fully saturated rings. The van der Waals surface area contributed by atoms with Gasteiger partial charge in [0.25, 0.3) is 5.70 Å². The Kier molecular flexibility index (Phi) is 4.90. The Hall–Kier alpha value is -2.96. The molecule has 0 saturated heterocycles. The van der Waals surface area contributed by atoms with E-state index in [1.807, 2.05) is 0 Å². The Morgan fingerprint density at radius 2 is 1.61 bits per heavy atom. The standard InChI is InChI=1S/C16H15NO6/c1-22-15(18)14(16(19)23-2)12-7-8-13(17(20)21)11-6-4-3-5-10(12)9-11/h3-8,14H,9H2,1-2H3. The van der Waals surface area contributed by atoms with E-state index in [2.05, 4.69) is 9.47 Å². The number of nitro groups is 1. The molecular weight excluding hydrogens is 302 g/mol. The van der Waals surface area contributed by atoms with Crippen LogP contribution in [-0.2, 0) is 19.1 Å².